The smallest absolute Gasteiger partial charge is 0.231 e. The fraction of sp³-hybridized carbons (Fsp3) is 0.400. The fourth-order valence-corrected chi connectivity index (χ4v) is 4.22. The summed E-state index contributed by atoms with van der Waals surface area (Å²) in [6.45, 7) is 6.61. The first-order chi connectivity index (χ1) is 12.2. The molecular weight excluding hydrogens is 312 g/mol. The summed E-state index contributed by atoms with van der Waals surface area (Å²) in [5, 5.41) is 10.9. The van der Waals surface area contributed by atoms with E-state index in [-0.39, 0.29) is 17.9 Å². The minimum Gasteiger partial charge on any atom is -0.345 e. The van der Waals surface area contributed by atoms with E-state index in [4.69, 9.17) is 0 Å². The van der Waals surface area contributed by atoms with Crippen LogP contribution in [0.5, 0.6) is 0 Å². The molecule has 5 nitrogen and oxygen atoms in total. The molecule has 5 heteroatoms. The first-order valence-electron chi connectivity index (χ1n) is 8.93. The molecule has 2 aromatic rings. The van der Waals surface area contributed by atoms with Gasteiger partial charge in [-0.25, -0.2) is 0 Å². The Bertz CT molecular complexity index is 900. The van der Waals surface area contributed by atoms with Gasteiger partial charge in [0.25, 0.3) is 0 Å². The quantitative estimate of drug-likeness (QED) is 0.811. The monoisotopic (exact) mass is 334 g/mol. The van der Waals surface area contributed by atoms with E-state index in [1.54, 1.807) is 4.90 Å². The van der Waals surface area contributed by atoms with Gasteiger partial charge in [0.1, 0.15) is 0 Å². The summed E-state index contributed by atoms with van der Waals surface area (Å²) in [5.41, 5.74) is 3.48. The summed E-state index contributed by atoms with van der Waals surface area (Å²) in [4.78, 5) is 16.5. The van der Waals surface area contributed by atoms with Crippen LogP contribution < -0.4 is 0 Å². The molecule has 0 spiro atoms. The Morgan fingerprint density at radius 1 is 1.28 bits per heavy atom. The van der Waals surface area contributed by atoms with Gasteiger partial charge in [-0.3, -0.25) is 4.79 Å². The summed E-state index contributed by atoms with van der Waals surface area (Å²) in [6, 6.07) is 8.40. The first-order valence-corrected chi connectivity index (χ1v) is 8.93. The van der Waals surface area contributed by atoms with Crippen LogP contribution in [-0.2, 0) is 11.3 Å². The van der Waals surface area contributed by atoms with Crippen LogP contribution in [0.3, 0.4) is 0 Å². The van der Waals surface area contributed by atoms with Gasteiger partial charge in [-0.1, -0.05) is 24.3 Å². The Morgan fingerprint density at radius 2 is 2.08 bits per heavy atom. The summed E-state index contributed by atoms with van der Waals surface area (Å²) in [5.74, 6) is -0.146. The molecule has 1 aromatic heterocycles. The summed E-state index contributed by atoms with van der Waals surface area (Å²) >= 11 is 0. The molecule has 0 saturated heterocycles. The van der Waals surface area contributed by atoms with Crippen molar-refractivity contribution in [3.63, 3.8) is 0 Å². The molecule has 0 fully saturated rings. The van der Waals surface area contributed by atoms with Crippen molar-refractivity contribution in [1.29, 1.82) is 5.26 Å². The lowest BCUT2D eigenvalue weighted by Crippen LogP contribution is -2.48. The Hall–Kier alpha value is -2.74. The van der Waals surface area contributed by atoms with E-state index in [0.717, 1.165) is 17.7 Å². The number of nitriles is 1. The molecule has 3 heterocycles. The molecule has 0 radical (unpaired) electrons. The number of amides is 1. The van der Waals surface area contributed by atoms with Gasteiger partial charge in [0.05, 0.1) is 17.5 Å². The predicted octanol–water partition coefficient (Wildman–Crippen LogP) is 2.69. The number of para-hydroxylation sites is 1. The summed E-state index contributed by atoms with van der Waals surface area (Å²) in [6.07, 6.45) is 6.53. The fourth-order valence-electron chi connectivity index (χ4n) is 4.22. The van der Waals surface area contributed by atoms with E-state index >= 15 is 0 Å². The summed E-state index contributed by atoms with van der Waals surface area (Å²) < 4.78 is 2.23. The molecule has 2 aliphatic heterocycles. The Labute approximate surface area is 147 Å². The molecule has 128 valence electrons. The Morgan fingerprint density at radius 3 is 2.80 bits per heavy atom. The first kappa shape index (κ1) is 15.8. The van der Waals surface area contributed by atoms with Gasteiger partial charge in [-0.2, -0.15) is 5.26 Å². The normalized spacial score (nSPS) is 21.5. The van der Waals surface area contributed by atoms with E-state index in [2.05, 4.69) is 47.3 Å². The van der Waals surface area contributed by atoms with Crippen LogP contribution in [0.4, 0.5) is 0 Å². The van der Waals surface area contributed by atoms with Crippen molar-refractivity contribution >= 4 is 22.4 Å². The van der Waals surface area contributed by atoms with E-state index < -0.39 is 0 Å². The van der Waals surface area contributed by atoms with Crippen molar-refractivity contribution in [2.75, 3.05) is 19.6 Å². The van der Waals surface area contributed by atoms with Gasteiger partial charge in [0.2, 0.25) is 5.91 Å². The number of benzene rings is 1. The van der Waals surface area contributed by atoms with Gasteiger partial charge in [0.15, 0.2) is 6.19 Å². The SMILES string of the molecule is CCN(CC)C(=O)C1C=C2c3cccc4ccn(c34)CC2N(C#N)C1. The molecule has 4 rings (SSSR count). The molecule has 0 bridgehead atoms. The topological polar surface area (TPSA) is 52.3 Å². The third-order valence-corrected chi connectivity index (χ3v) is 5.50. The largest absolute Gasteiger partial charge is 0.345 e. The van der Waals surface area contributed by atoms with Crippen LogP contribution in [0.25, 0.3) is 16.5 Å². The molecule has 1 aromatic carbocycles. The van der Waals surface area contributed by atoms with Crippen LogP contribution >= 0.6 is 0 Å². The molecule has 2 aliphatic rings. The van der Waals surface area contributed by atoms with Crippen LogP contribution in [0, 0.1) is 17.4 Å². The molecule has 25 heavy (non-hydrogen) atoms. The molecule has 1 amide bonds. The number of fused-ring (bicyclic) bond motifs is 2. The van der Waals surface area contributed by atoms with E-state index in [1.165, 1.54) is 10.9 Å². The number of nitrogens with zero attached hydrogens (tertiary/aromatic N) is 4. The minimum atomic E-state index is -0.262. The second-order valence-electron chi connectivity index (χ2n) is 6.72. The maximum absolute atomic E-state index is 12.9. The lowest BCUT2D eigenvalue weighted by Gasteiger charge is -2.40. The number of rotatable bonds is 3. The predicted molar refractivity (Wildman–Crippen MR) is 97.4 cm³/mol. The minimum absolute atomic E-state index is 0.0104. The van der Waals surface area contributed by atoms with E-state index in [9.17, 15) is 10.1 Å². The number of carbonyl (C=O) groups excluding carboxylic acids is 1. The van der Waals surface area contributed by atoms with Gasteiger partial charge in [0, 0.05) is 43.3 Å². The van der Waals surface area contributed by atoms with Gasteiger partial charge in [-0.15, -0.1) is 0 Å². The Kier molecular flexibility index (Phi) is 3.76. The average Bonchev–Trinajstić information content (AvgIpc) is 3.06. The molecule has 0 N–H and O–H groups in total. The van der Waals surface area contributed by atoms with E-state index in [1.807, 2.05) is 18.7 Å². The number of hydrogen-bond acceptors (Lipinski definition) is 3. The third kappa shape index (κ3) is 2.32. The highest BCUT2D eigenvalue weighted by Crippen LogP contribution is 2.38. The highest BCUT2D eigenvalue weighted by molar-refractivity contribution is 5.96. The zero-order chi connectivity index (χ0) is 17.6. The zero-order valence-corrected chi connectivity index (χ0v) is 14.6. The maximum atomic E-state index is 12.9. The molecule has 2 atom stereocenters. The highest BCUT2D eigenvalue weighted by Gasteiger charge is 2.37. The number of carbonyl (C=O) groups is 1. The molecule has 2 unspecified atom stereocenters. The highest BCUT2D eigenvalue weighted by atomic mass is 16.2. The van der Waals surface area contributed by atoms with Crippen LogP contribution in [0.15, 0.2) is 36.5 Å². The van der Waals surface area contributed by atoms with E-state index in [0.29, 0.717) is 19.6 Å². The molecular formula is C20H22N4O. The maximum Gasteiger partial charge on any atom is 0.231 e. The van der Waals surface area contributed by atoms with Gasteiger partial charge < -0.3 is 14.4 Å². The lowest BCUT2D eigenvalue weighted by atomic mass is 9.85. The summed E-state index contributed by atoms with van der Waals surface area (Å²) in [7, 11) is 0. The van der Waals surface area contributed by atoms with Crippen LogP contribution in [-0.4, -0.2) is 46.0 Å². The number of aromatic nitrogens is 1. The zero-order valence-electron chi connectivity index (χ0n) is 14.6. The van der Waals surface area contributed by atoms with Crippen molar-refractivity contribution in [3.05, 3.63) is 42.1 Å². The Balaban J connectivity index is 1.83. The van der Waals surface area contributed by atoms with Crippen LogP contribution in [0.2, 0.25) is 0 Å². The molecule has 0 aliphatic carbocycles. The van der Waals surface area contributed by atoms with Crippen molar-refractivity contribution in [1.82, 2.24) is 14.4 Å². The second kappa shape index (κ2) is 5.96. The van der Waals surface area contributed by atoms with Crippen molar-refractivity contribution in [3.8, 4) is 6.19 Å². The molecule has 0 saturated carbocycles. The van der Waals surface area contributed by atoms with Crippen molar-refractivity contribution in [2.45, 2.75) is 26.4 Å². The van der Waals surface area contributed by atoms with Gasteiger partial charge in [-0.05, 0) is 25.5 Å². The lowest BCUT2D eigenvalue weighted by molar-refractivity contribution is -0.134. The average molecular weight is 334 g/mol. The standard InChI is InChI=1S/C20H22N4O/c1-3-22(4-2)20(25)15-10-17-16-7-5-6-14-8-9-23(19(14)16)12-18(17)24(11-15)13-21/h5-10,15,18H,3-4,11-12H2,1-2H3. The third-order valence-electron chi connectivity index (χ3n) is 5.50. The second-order valence-corrected chi connectivity index (χ2v) is 6.72. The van der Waals surface area contributed by atoms with Crippen molar-refractivity contribution in [2.24, 2.45) is 5.92 Å². The van der Waals surface area contributed by atoms with Crippen LogP contribution in [0.1, 0.15) is 19.4 Å². The number of hydrogen-bond donors (Lipinski definition) is 0. The van der Waals surface area contributed by atoms with Crippen molar-refractivity contribution < 1.29 is 4.79 Å². The van der Waals surface area contributed by atoms with Gasteiger partial charge >= 0.3 is 0 Å².